The summed E-state index contributed by atoms with van der Waals surface area (Å²) in [4.78, 5) is 14.2. The van der Waals surface area contributed by atoms with Crippen LogP contribution in [0.4, 0.5) is 11.4 Å². The Balaban J connectivity index is 2.05. The number of hydrogen-bond donors (Lipinski definition) is 2. The van der Waals surface area contributed by atoms with Crippen LogP contribution >= 0.6 is 0 Å². The van der Waals surface area contributed by atoms with Gasteiger partial charge in [0, 0.05) is 26.7 Å². The van der Waals surface area contributed by atoms with Crippen molar-refractivity contribution in [3.05, 3.63) is 23.8 Å². The number of carbonyl (C=O) groups is 1. The number of hydrogen-bond acceptors (Lipinski definition) is 4. The lowest BCUT2D eigenvalue weighted by Crippen LogP contribution is -2.32. The summed E-state index contributed by atoms with van der Waals surface area (Å²) in [7, 11) is 1.81. The van der Waals surface area contributed by atoms with E-state index in [1.807, 2.05) is 39.1 Å². The second kappa shape index (κ2) is 6.61. The first-order valence-electron chi connectivity index (χ1n) is 7.07. The summed E-state index contributed by atoms with van der Waals surface area (Å²) >= 11 is 0. The van der Waals surface area contributed by atoms with Crippen LogP contribution in [0.15, 0.2) is 18.2 Å². The molecule has 2 rings (SSSR count). The van der Waals surface area contributed by atoms with Crippen LogP contribution in [-0.4, -0.2) is 50.2 Å². The monoisotopic (exact) mass is 277 g/mol. The van der Waals surface area contributed by atoms with Crippen LogP contribution in [0, 0.1) is 0 Å². The molecule has 0 radical (unpaired) electrons. The number of nitrogens with one attached hydrogen (secondary N) is 2. The summed E-state index contributed by atoms with van der Waals surface area (Å²) in [5.74, 6) is 0.0189. The van der Waals surface area contributed by atoms with E-state index < -0.39 is 0 Å². The highest BCUT2D eigenvalue weighted by Crippen LogP contribution is 2.28. The fourth-order valence-corrected chi connectivity index (χ4v) is 2.19. The van der Waals surface area contributed by atoms with Crippen molar-refractivity contribution in [3.63, 3.8) is 0 Å². The van der Waals surface area contributed by atoms with Gasteiger partial charge in [0.05, 0.1) is 29.6 Å². The van der Waals surface area contributed by atoms with Gasteiger partial charge in [-0.05, 0) is 26.0 Å². The van der Waals surface area contributed by atoms with Crippen molar-refractivity contribution >= 4 is 17.3 Å². The molecule has 1 aliphatic heterocycles. The van der Waals surface area contributed by atoms with Gasteiger partial charge < -0.3 is 20.3 Å². The van der Waals surface area contributed by atoms with E-state index in [0.29, 0.717) is 18.7 Å². The first-order valence-corrected chi connectivity index (χ1v) is 7.07. The number of para-hydroxylation sites is 1. The van der Waals surface area contributed by atoms with E-state index in [-0.39, 0.29) is 12.0 Å². The second-order valence-electron chi connectivity index (χ2n) is 5.23. The smallest absolute Gasteiger partial charge is 0.255 e. The number of carbonyl (C=O) groups excluding carboxylic acids is 1. The largest absolute Gasteiger partial charge is 0.382 e. The molecule has 1 amide bonds. The van der Waals surface area contributed by atoms with Crippen LogP contribution in [0.1, 0.15) is 24.2 Å². The summed E-state index contributed by atoms with van der Waals surface area (Å²) in [6, 6.07) is 5.76. The highest BCUT2D eigenvalue weighted by atomic mass is 16.5. The van der Waals surface area contributed by atoms with Crippen LogP contribution in [0.3, 0.4) is 0 Å². The normalized spacial score (nSPS) is 13.4. The summed E-state index contributed by atoms with van der Waals surface area (Å²) in [5, 5.41) is 6.60. The Labute approximate surface area is 120 Å². The Morgan fingerprint density at radius 2 is 2.10 bits per heavy atom. The molecule has 5 nitrogen and oxygen atoms in total. The third kappa shape index (κ3) is 3.42. The average Bonchev–Trinajstić information content (AvgIpc) is 2.45. The lowest BCUT2D eigenvalue weighted by atomic mass is 10.1. The van der Waals surface area contributed by atoms with Gasteiger partial charge >= 0.3 is 0 Å². The molecule has 0 aliphatic carbocycles. The topological polar surface area (TPSA) is 53.6 Å². The van der Waals surface area contributed by atoms with Crippen LogP contribution < -0.4 is 10.6 Å². The van der Waals surface area contributed by atoms with Gasteiger partial charge in [0.2, 0.25) is 0 Å². The van der Waals surface area contributed by atoms with Gasteiger partial charge in [-0.1, -0.05) is 6.07 Å². The van der Waals surface area contributed by atoms with E-state index in [1.54, 1.807) is 4.90 Å². The lowest BCUT2D eigenvalue weighted by molar-refractivity contribution is 0.0532. The zero-order chi connectivity index (χ0) is 14.5. The van der Waals surface area contributed by atoms with E-state index in [0.717, 1.165) is 24.5 Å². The first kappa shape index (κ1) is 14.7. The predicted molar refractivity (Wildman–Crippen MR) is 81.5 cm³/mol. The molecule has 110 valence electrons. The van der Waals surface area contributed by atoms with Crippen LogP contribution in [0.2, 0.25) is 0 Å². The third-order valence-corrected chi connectivity index (χ3v) is 3.26. The van der Waals surface area contributed by atoms with Crippen molar-refractivity contribution in [1.82, 2.24) is 4.90 Å². The molecule has 5 heteroatoms. The molecule has 0 aromatic heterocycles. The highest BCUT2D eigenvalue weighted by molar-refractivity contribution is 6.02. The minimum atomic E-state index is 0.0189. The molecule has 0 saturated heterocycles. The van der Waals surface area contributed by atoms with Gasteiger partial charge in [0.25, 0.3) is 5.91 Å². The van der Waals surface area contributed by atoms with Gasteiger partial charge in [-0.15, -0.1) is 0 Å². The Kier molecular flexibility index (Phi) is 4.84. The summed E-state index contributed by atoms with van der Waals surface area (Å²) < 4.78 is 5.49. The maximum atomic E-state index is 12.5. The van der Waals surface area contributed by atoms with Crippen molar-refractivity contribution in [3.8, 4) is 0 Å². The van der Waals surface area contributed by atoms with Gasteiger partial charge in [-0.3, -0.25) is 4.79 Å². The van der Waals surface area contributed by atoms with Crippen LogP contribution in [0.25, 0.3) is 0 Å². The third-order valence-electron chi connectivity index (χ3n) is 3.26. The molecule has 1 aliphatic rings. The maximum Gasteiger partial charge on any atom is 0.255 e. The number of fused-ring (bicyclic) bond motifs is 1. The molecule has 2 N–H and O–H groups in total. The van der Waals surface area contributed by atoms with Gasteiger partial charge in [0.15, 0.2) is 0 Å². The molecule has 0 saturated carbocycles. The number of ether oxygens (including phenoxy) is 1. The molecule has 1 heterocycles. The first-order chi connectivity index (χ1) is 9.59. The summed E-state index contributed by atoms with van der Waals surface area (Å²) in [6.45, 7) is 6.84. The van der Waals surface area contributed by atoms with Crippen LogP contribution in [0.5, 0.6) is 0 Å². The molecular formula is C15H23N3O2. The standard InChI is InChI=1S/C15H23N3O2/c1-11(2)20-10-9-18(3)15(19)12-5-4-6-13-14(12)17-8-7-16-13/h4-6,11,16-17H,7-10H2,1-3H3. The molecule has 0 unspecified atom stereocenters. The number of anilines is 2. The van der Waals surface area contributed by atoms with Gasteiger partial charge in [-0.2, -0.15) is 0 Å². The molecule has 0 fully saturated rings. The fraction of sp³-hybridized carbons (Fsp3) is 0.533. The second-order valence-corrected chi connectivity index (χ2v) is 5.23. The Morgan fingerprint density at radius 1 is 1.35 bits per heavy atom. The lowest BCUT2D eigenvalue weighted by Gasteiger charge is -2.25. The van der Waals surface area contributed by atoms with E-state index in [4.69, 9.17) is 4.74 Å². The Morgan fingerprint density at radius 3 is 2.85 bits per heavy atom. The number of amides is 1. The minimum absolute atomic E-state index is 0.0189. The fourth-order valence-electron chi connectivity index (χ4n) is 2.19. The highest BCUT2D eigenvalue weighted by Gasteiger charge is 2.19. The maximum absolute atomic E-state index is 12.5. The van der Waals surface area contributed by atoms with E-state index in [2.05, 4.69) is 10.6 Å². The van der Waals surface area contributed by atoms with Crippen molar-refractivity contribution in [2.24, 2.45) is 0 Å². The molecule has 1 aromatic rings. The summed E-state index contributed by atoms with van der Waals surface area (Å²) in [6.07, 6.45) is 0.189. The van der Waals surface area contributed by atoms with Crippen molar-refractivity contribution < 1.29 is 9.53 Å². The minimum Gasteiger partial charge on any atom is -0.382 e. The van der Waals surface area contributed by atoms with Gasteiger partial charge in [-0.25, -0.2) is 0 Å². The van der Waals surface area contributed by atoms with Crippen molar-refractivity contribution in [1.29, 1.82) is 0 Å². The Hall–Kier alpha value is -1.75. The van der Waals surface area contributed by atoms with Crippen molar-refractivity contribution in [2.75, 3.05) is 43.9 Å². The molecule has 0 bridgehead atoms. The number of likely N-dealkylation sites (N-methyl/N-ethyl adjacent to an activating group) is 1. The van der Waals surface area contributed by atoms with Gasteiger partial charge in [0.1, 0.15) is 0 Å². The Bertz CT molecular complexity index is 474. The zero-order valence-electron chi connectivity index (χ0n) is 12.4. The number of rotatable bonds is 5. The van der Waals surface area contributed by atoms with E-state index in [1.165, 1.54) is 0 Å². The molecule has 0 atom stereocenters. The quantitative estimate of drug-likeness (QED) is 0.864. The predicted octanol–water partition coefficient (Wildman–Crippen LogP) is 2.02. The number of nitrogens with zero attached hydrogens (tertiary/aromatic N) is 1. The van der Waals surface area contributed by atoms with Crippen molar-refractivity contribution in [2.45, 2.75) is 20.0 Å². The molecule has 0 spiro atoms. The molecule has 1 aromatic carbocycles. The van der Waals surface area contributed by atoms with E-state index in [9.17, 15) is 4.79 Å². The van der Waals surface area contributed by atoms with E-state index >= 15 is 0 Å². The SMILES string of the molecule is CC(C)OCCN(C)C(=O)c1cccc2c1NCCN2. The zero-order valence-corrected chi connectivity index (χ0v) is 12.4. The number of benzene rings is 1. The summed E-state index contributed by atoms with van der Waals surface area (Å²) in [5.41, 5.74) is 2.61. The molecular weight excluding hydrogens is 254 g/mol. The van der Waals surface area contributed by atoms with Crippen LogP contribution in [-0.2, 0) is 4.74 Å². The molecule has 20 heavy (non-hydrogen) atoms. The average molecular weight is 277 g/mol.